The number of nitrogens with zero attached hydrogens (tertiary/aromatic N) is 2. The van der Waals surface area contributed by atoms with Crippen molar-refractivity contribution < 1.29 is 9.18 Å². The lowest BCUT2D eigenvalue weighted by Crippen LogP contribution is -2.24. The Kier molecular flexibility index (Phi) is 6.31. The lowest BCUT2D eigenvalue weighted by molar-refractivity contribution is -0.115. The molecule has 28 heavy (non-hydrogen) atoms. The number of rotatable bonds is 5. The molecule has 1 heterocycles. The van der Waals surface area contributed by atoms with Gasteiger partial charge in [-0.05, 0) is 50.2 Å². The molecule has 3 aromatic rings. The molecule has 0 saturated carbocycles. The van der Waals surface area contributed by atoms with Crippen molar-refractivity contribution >= 4 is 39.3 Å². The lowest BCUT2D eigenvalue weighted by atomic mass is 10.2. The Morgan fingerprint density at radius 1 is 1.18 bits per heavy atom. The molecular weight excluding hydrogens is 445 g/mol. The van der Waals surface area contributed by atoms with Crippen LogP contribution in [0.3, 0.4) is 0 Å². The van der Waals surface area contributed by atoms with Gasteiger partial charge in [-0.1, -0.05) is 45.4 Å². The second-order valence-corrected chi connectivity index (χ2v) is 8.41. The molecular formula is C20H17BrFN3O2S. The maximum atomic E-state index is 13.9. The molecule has 3 rings (SSSR count). The first-order chi connectivity index (χ1) is 13.3. The first-order valence-electron chi connectivity index (χ1n) is 8.43. The minimum Gasteiger partial charge on any atom is -0.323 e. The second kappa shape index (κ2) is 8.70. The van der Waals surface area contributed by atoms with Gasteiger partial charge in [0, 0.05) is 10.5 Å². The molecule has 2 aromatic carbocycles. The van der Waals surface area contributed by atoms with Crippen molar-refractivity contribution in [2.45, 2.75) is 24.1 Å². The topological polar surface area (TPSA) is 64.0 Å². The van der Waals surface area contributed by atoms with Crippen LogP contribution in [0.2, 0.25) is 0 Å². The predicted octanol–water partition coefficient (Wildman–Crippen LogP) is 4.56. The summed E-state index contributed by atoms with van der Waals surface area (Å²) in [6, 6.07) is 14.8. The molecule has 1 amide bonds. The van der Waals surface area contributed by atoms with Crippen molar-refractivity contribution in [2.24, 2.45) is 0 Å². The van der Waals surface area contributed by atoms with Gasteiger partial charge < -0.3 is 5.32 Å². The molecule has 0 fully saturated rings. The van der Waals surface area contributed by atoms with E-state index in [4.69, 9.17) is 0 Å². The quantitative estimate of drug-likeness (QED) is 0.565. The van der Waals surface area contributed by atoms with Crippen LogP contribution >= 0.6 is 27.7 Å². The van der Waals surface area contributed by atoms with Crippen molar-refractivity contribution in [2.75, 3.05) is 5.32 Å². The van der Waals surface area contributed by atoms with Crippen molar-refractivity contribution in [1.82, 2.24) is 9.78 Å². The standard InChI is InChI=1S/C20H17BrFN3O2S/c1-12-3-6-15(7-4-12)25-19(26)10-9-18(24-25)28-13(2)20(27)23-17-8-5-14(21)11-16(17)22/h3-11,13H,1-2H3,(H,23,27). The summed E-state index contributed by atoms with van der Waals surface area (Å²) in [6.45, 7) is 3.65. The smallest absolute Gasteiger partial charge is 0.271 e. The number of aromatic nitrogens is 2. The molecule has 0 aliphatic rings. The molecule has 0 spiro atoms. The van der Waals surface area contributed by atoms with Gasteiger partial charge in [0.15, 0.2) is 0 Å². The van der Waals surface area contributed by atoms with Crippen LogP contribution in [-0.4, -0.2) is 20.9 Å². The first-order valence-corrected chi connectivity index (χ1v) is 10.1. The number of carbonyl (C=O) groups is 1. The molecule has 144 valence electrons. The van der Waals surface area contributed by atoms with Crippen LogP contribution in [-0.2, 0) is 4.79 Å². The fourth-order valence-electron chi connectivity index (χ4n) is 2.39. The molecule has 8 heteroatoms. The van der Waals surface area contributed by atoms with E-state index in [9.17, 15) is 14.0 Å². The van der Waals surface area contributed by atoms with Gasteiger partial charge in [-0.15, -0.1) is 0 Å². The Hall–Kier alpha value is -2.45. The van der Waals surface area contributed by atoms with E-state index in [-0.39, 0.29) is 17.2 Å². The van der Waals surface area contributed by atoms with E-state index in [1.807, 2.05) is 31.2 Å². The van der Waals surface area contributed by atoms with Gasteiger partial charge in [0.2, 0.25) is 5.91 Å². The van der Waals surface area contributed by atoms with E-state index < -0.39 is 11.1 Å². The van der Waals surface area contributed by atoms with Crippen molar-refractivity contribution in [3.8, 4) is 5.69 Å². The molecule has 1 aromatic heterocycles. The van der Waals surface area contributed by atoms with Crippen LogP contribution in [0.5, 0.6) is 0 Å². The highest BCUT2D eigenvalue weighted by Crippen LogP contribution is 2.24. The lowest BCUT2D eigenvalue weighted by Gasteiger charge is -2.13. The van der Waals surface area contributed by atoms with Crippen LogP contribution in [0.4, 0.5) is 10.1 Å². The van der Waals surface area contributed by atoms with Crippen LogP contribution in [0, 0.1) is 12.7 Å². The minimum absolute atomic E-state index is 0.109. The summed E-state index contributed by atoms with van der Waals surface area (Å²) in [6.07, 6.45) is 0. The van der Waals surface area contributed by atoms with E-state index in [0.29, 0.717) is 15.2 Å². The summed E-state index contributed by atoms with van der Waals surface area (Å²) in [4.78, 5) is 24.6. The Morgan fingerprint density at radius 3 is 2.57 bits per heavy atom. The fraction of sp³-hybridized carbons (Fsp3) is 0.150. The number of aryl methyl sites for hydroxylation is 1. The number of amides is 1. The molecule has 0 saturated heterocycles. The Balaban J connectivity index is 1.75. The summed E-state index contributed by atoms with van der Waals surface area (Å²) in [7, 11) is 0. The summed E-state index contributed by atoms with van der Waals surface area (Å²) >= 11 is 4.36. The average molecular weight is 462 g/mol. The number of carbonyl (C=O) groups excluding carboxylic acids is 1. The van der Waals surface area contributed by atoms with Crippen LogP contribution < -0.4 is 10.9 Å². The van der Waals surface area contributed by atoms with E-state index in [1.54, 1.807) is 19.1 Å². The summed E-state index contributed by atoms with van der Waals surface area (Å²) in [5.74, 6) is -0.882. The van der Waals surface area contributed by atoms with Crippen LogP contribution in [0.15, 0.2) is 68.9 Å². The molecule has 0 aliphatic carbocycles. The average Bonchev–Trinajstić information content (AvgIpc) is 2.66. The third-order valence-corrected chi connectivity index (χ3v) is 5.43. The van der Waals surface area contributed by atoms with Gasteiger partial charge in [-0.2, -0.15) is 9.78 Å². The Bertz CT molecular complexity index is 1070. The second-order valence-electron chi connectivity index (χ2n) is 6.13. The van der Waals surface area contributed by atoms with E-state index in [2.05, 4.69) is 26.3 Å². The summed E-state index contributed by atoms with van der Waals surface area (Å²) in [5.41, 5.74) is 1.57. The molecule has 0 bridgehead atoms. The summed E-state index contributed by atoms with van der Waals surface area (Å²) < 4.78 is 15.8. The monoisotopic (exact) mass is 461 g/mol. The first kappa shape index (κ1) is 20.3. The van der Waals surface area contributed by atoms with Crippen molar-refractivity contribution in [3.63, 3.8) is 0 Å². The third kappa shape index (κ3) is 4.88. The number of halogens is 2. The zero-order valence-corrected chi connectivity index (χ0v) is 17.6. The SMILES string of the molecule is Cc1ccc(-n2nc(SC(C)C(=O)Nc3ccc(Br)cc3F)ccc2=O)cc1. The molecule has 0 aliphatic heterocycles. The van der Waals surface area contributed by atoms with E-state index >= 15 is 0 Å². The zero-order chi connectivity index (χ0) is 20.3. The minimum atomic E-state index is -0.542. The third-order valence-electron chi connectivity index (χ3n) is 3.91. The van der Waals surface area contributed by atoms with Gasteiger partial charge >= 0.3 is 0 Å². The number of thioether (sulfide) groups is 1. The predicted molar refractivity (Wildman–Crippen MR) is 113 cm³/mol. The normalized spacial score (nSPS) is 11.9. The maximum Gasteiger partial charge on any atom is 0.271 e. The number of hydrogen-bond acceptors (Lipinski definition) is 4. The number of hydrogen-bond donors (Lipinski definition) is 1. The number of benzene rings is 2. The van der Waals surface area contributed by atoms with Crippen molar-refractivity contribution in [1.29, 1.82) is 0 Å². The number of nitrogens with one attached hydrogen (secondary N) is 1. The van der Waals surface area contributed by atoms with Gasteiger partial charge in [-0.25, -0.2) is 4.39 Å². The fourth-order valence-corrected chi connectivity index (χ4v) is 3.52. The van der Waals surface area contributed by atoms with Crippen LogP contribution in [0.25, 0.3) is 5.69 Å². The Morgan fingerprint density at radius 2 is 1.89 bits per heavy atom. The molecule has 0 radical (unpaired) electrons. The number of anilines is 1. The zero-order valence-electron chi connectivity index (χ0n) is 15.1. The van der Waals surface area contributed by atoms with Gasteiger partial charge in [0.1, 0.15) is 10.8 Å². The highest BCUT2D eigenvalue weighted by Gasteiger charge is 2.17. The van der Waals surface area contributed by atoms with Gasteiger partial charge in [-0.3, -0.25) is 9.59 Å². The van der Waals surface area contributed by atoms with E-state index in [0.717, 1.165) is 5.56 Å². The highest BCUT2D eigenvalue weighted by molar-refractivity contribution is 9.10. The van der Waals surface area contributed by atoms with Gasteiger partial charge in [0.05, 0.1) is 16.6 Å². The largest absolute Gasteiger partial charge is 0.323 e. The van der Waals surface area contributed by atoms with Crippen LogP contribution in [0.1, 0.15) is 12.5 Å². The van der Waals surface area contributed by atoms with Crippen molar-refractivity contribution in [3.05, 3.63) is 80.8 Å². The molecule has 5 nitrogen and oxygen atoms in total. The molecule has 1 N–H and O–H groups in total. The molecule has 1 unspecified atom stereocenters. The van der Waals surface area contributed by atoms with E-state index in [1.165, 1.54) is 34.6 Å². The summed E-state index contributed by atoms with van der Waals surface area (Å²) in [5, 5.41) is 6.88. The maximum absolute atomic E-state index is 13.9. The molecule has 1 atom stereocenters. The van der Waals surface area contributed by atoms with Gasteiger partial charge in [0.25, 0.3) is 5.56 Å². The Labute approximate surface area is 174 Å². The highest BCUT2D eigenvalue weighted by atomic mass is 79.9.